The van der Waals surface area contributed by atoms with Gasteiger partial charge in [0.1, 0.15) is 12.1 Å². The third kappa shape index (κ3) is 7.04. The molecule has 1 rings (SSSR count). The van der Waals surface area contributed by atoms with Gasteiger partial charge in [0.25, 0.3) is 0 Å². The maximum absolute atomic E-state index is 12.3. The number of rotatable bonds is 8. The third-order valence-electron chi connectivity index (χ3n) is 3.37. The zero-order chi connectivity index (χ0) is 19.7. The molecule has 0 aliphatic heterocycles. The van der Waals surface area contributed by atoms with Crippen LogP contribution in [0.1, 0.15) is 18.9 Å². The maximum Gasteiger partial charge on any atom is 0.450 e. The Balaban J connectivity index is 2.86. The average Bonchev–Trinajstić information content (AvgIpc) is 2.59. The molecule has 0 fully saturated rings. The number of alkyl halides is 3. The smallest absolute Gasteiger partial charge is 0.450 e. The Bertz CT molecular complexity index is 660. The number of ether oxygens (including phenoxy) is 1. The summed E-state index contributed by atoms with van der Waals surface area (Å²) in [7, 11) is 1.16. The van der Waals surface area contributed by atoms with Crippen LogP contribution in [0.5, 0.6) is 0 Å². The van der Waals surface area contributed by atoms with Gasteiger partial charge in [-0.15, -0.1) is 0 Å². The van der Waals surface area contributed by atoms with E-state index >= 15 is 0 Å². The standard InChI is InChI=1S/C17H19F3N2O4/c1-11(16(25)26-2)22-15(24)13(10-12-6-4-3-5-7-12)21-9-8-14(23)17(18,19)20/h3-7,9,11,13H,8,10H2,1-2H3,(H,22,24)/t11-,13-/m0/s1. The lowest BCUT2D eigenvalue weighted by molar-refractivity contribution is -0.169. The van der Waals surface area contributed by atoms with Crippen LogP contribution < -0.4 is 5.32 Å². The zero-order valence-electron chi connectivity index (χ0n) is 14.2. The quantitative estimate of drug-likeness (QED) is 0.558. The van der Waals surface area contributed by atoms with Crippen molar-refractivity contribution < 1.29 is 32.3 Å². The average molecular weight is 372 g/mol. The number of esters is 1. The van der Waals surface area contributed by atoms with Gasteiger partial charge in [0.2, 0.25) is 11.7 Å². The summed E-state index contributed by atoms with van der Waals surface area (Å²) >= 11 is 0. The van der Waals surface area contributed by atoms with Crippen molar-refractivity contribution in [1.29, 1.82) is 0 Å². The topological polar surface area (TPSA) is 84.8 Å². The van der Waals surface area contributed by atoms with Gasteiger partial charge in [-0.1, -0.05) is 30.3 Å². The van der Waals surface area contributed by atoms with Crippen molar-refractivity contribution in [3.8, 4) is 0 Å². The molecule has 6 nitrogen and oxygen atoms in total. The lowest BCUT2D eigenvalue weighted by Gasteiger charge is -2.16. The molecule has 0 unspecified atom stereocenters. The summed E-state index contributed by atoms with van der Waals surface area (Å²) < 4.78 is 41.2. The van der Waals surface area contributed by atoms with Gasteiger partial charge < -0.3 is 10.1 Å². The van der Waals surface area contributed by atoms with Crippen LogP contribution in [0.4, 0.5) is 13.2 Å². The van der Waals surface area contributed by atoms with Crippen LogP contribution in [0.25, 0.3) is 0 Å². The molecule has 26 heavy (non-hydrogen) atoms. The fourth-order valence-electron chi connectivity index (χ4n) is 1.97. The molecule has 0 radical (unpaired) electrons. The van der Waals surface area contributed by atoms with Crippen molar-refractivity contribution in [2.75, 3.05) is 7.11 Å². The zero-order valence-corrected chi connectivity index (χ0v) is 14.2. The highest BCUT2D eigenvalue weighted by Crippen LogP contribution is 2.17. The first kappa shape index (κ1) is 21.3. The minimum atomic E-state index is -4.96. The van der Waals surface area contributed by atoms with E-state index in [0.29, 0.717) is 0 Å². The van der Waals surface area contributed by atoms with E-state index in [4.69, 9.17) is 0 Å². The first-order valence-electron chi connectivity index (χ1n) is 7.69. The van der Waals surface area contributed by atoms with Crippen molar-refractivity contribution in [3.05, 3.63) is 35.9 Å². The van der Waals surface area contributed by atoms with Crippen molar-refractivity contribution >= 4 is 23.9 Å². The van der Waals surface area contributed by atoms with Crippen molar-refractivity contribution in [2.45, 2.75) is 38.0 Å². The Hall–Kier alpha value is -2.71. The number of methoxy groups -OCH3 is 1. The second-order valence-electron chi connectivity index (χ2n) is 5.42. The lowest BCUT2D eigenvalue weighted by Crippen LogP contribution is -2.44. The predicted molar refractivity (Wildman–Crippen MR) is 87.7 cm³/mol. The van der Waals surface area contributed by atoms with E-state index < -0.39 is 42.3 Å². The molecule has 0 aliphatic rings. The van der Waals surface area contributed by atoms with Crippen molar-refractivity contribution in [3.63, 3.8) is 0 Å². The summed E-state index contributed by atoms with van der Waals surface area (Å²) in [5.41, 5.74) is 0.720. The number of amides is 1. The molecule has 1 N–H and O–H groups in total. The first-order chi connectivity index (χ1) is 12.1. The lowest BCUT2D eigenvalue weighted by atomic mass is 10.1. The molecule has 0 heterocycles. The summed E-state index contributed by atoms with van der Waals surface area (Å²) in [6, 6.07) is 6.64. The number of hydrogen-bond acceptors (Lipinski definition) is 5. The number of nitrogens with one attached hydrogen (secondary N) is 1. The number of carbonyl (C=O) groups is 3. The molecule has 0 aromatic heterocycles. The summed E-state index contributed by atoms with van der Waals surface area (Å²) in [4.78, 5) is 38.4. The summed E-state index contributed by atoms with van der Waals surface area (Å²) in [6.07, 6.45) is -5.06. The number of halogens is 3. The van der Waals surface area contributed by atoms with E-state index in [1.807, 2.05) is 0 Å². The molecule has 0 spiro atoms. The monoisotopic (exact) mass is 372 g/mol. The van der Waals surface area contributed by atoms with Gasteiger partial charge in [-0.25, -0.2) is 4.79 Å². The number of nitrogens with zero attached hydrogens (tertiary/aromatic N) is 1. The van der Waals surface area contributed by atoms with Gasteiger partial charge in [0.05, 0.1) is 13.5 Å². The Labute approximate surface area is 148 Å². The van der Waals surface area contributed by atoms with E-state index in [9.17, 15) is 27.6 Å². The predicted octanol–water partition coefficient (Wildman–Crippen LogP) is 1.87. The van der Waals surface area contributed by atoms with Gasteiger partial charge >= 0.3 is 12.1 Å². The molecule has 9 heteroatoms. The molecule has 0 saturated carbocycles. The van der Waals surface area contributed by atoms with E-state index in [2.05, 4.69) is 15.0 Å². The highest BCUT2D eigenvalue weighted by molar-refractivity contribution is 5.96. The van der Waals surface area contributed by atoms with Gasteiger partial charge in [0.15, 0.2) is 0 Å². The fourth-order valence-corrected chi connectivity index (χ4v) is 1.97. The largest absolute Gasteiger partial charge is 0.467 e. The summed E-state index contributed by atoms with van der Waals surface area (Å²) in [6.45, 7) is 1.40. The number of ketones is 1. The normalized spacial score (nSPS) is 13.9. The van der Waals surface area contributed by atoms with Crippen molar-refractivity contribution in [1.82, 2.24) is 5.32 Å². The van der Waals surface area contributed by atoms with E-state index in [1.54, 1.807) is 30.3 Å². The number of Topliss-reactive ketones (excluding diaryl/α,β-unsaturated/α-hetero) is 1. The van der Waals surface area contributed by atoms with Crippen LogP contribution in [0, 0.1) is 0 Å². The van der Waals surface area contributed by atoms with Crippen LogP contribution in [-0.4, -0.2) is 49.2 Å². The van der Waals surface area contributed by atoms with Gasteiger partial charge in [-0.2, -0.15) is 13.2 Å². The molecule has 0 saturated heterocycles. The van der Waals surface area contributed by atoms with Gasteiger partial charge in [-0.05, 0) is 12.5 Å². The Kier molecular flexibility index (Phi) is 7.95. The fraction of sp³-hybridized carbons (Fsp3) is 0.412. The molecule has 0 bridgehead atoms. The maximum atomic E-state index is 12.3. The number of benzene rings is 1. The Morgan fingerprint density at radius 1 is 1.23 bits per heavy atom. The van der Waals surface area contributed by atoms with Crippen LogP contribution in [-0.2, 0) is 25.5 Å². The van der Waals surface area contributed by atoms with Crippen LogP contribution in [0.15, 0.2) is 35.3 Å². The summed E-state index contributed by atoms with van der Waals surface area (Å²) in [5.74, 6) is -3.29. The SMILES string of the molecule is COC(=O)[C@H](C)NC(=O)[C@H](Cc1ccccc1)N=CCC(=O)C(F)(F)F. The molecular weight excluding hydrogens is 353 g/mol. The molecule has 2 atom stereocenters. The molecule has 142 valence electrons. The van der Waals surface area contributed by atoms with Crippen molar-refractivity contribution in [2.24, 2.45) is 4.99 Å². The van der Waals surface area contributed by atoms with E-state index in [1.165, 1.54) is 6.92 Å². The minimum Gasteiger partial charge on any atom is -0.467 e. The highest BCUT2D eigenvalue weighted by atomic mass is 19.4. The third-order valence-corrected chi connectivity index (χ3v) is 3.37. The van der Waals surface area contributed by atoms with Crippen LogP contribution >= 0.6 is 0 Å². The van der Waals surface area contributed by atoms with Gasteiger partial charge in [-0.3, -0.25) is 14.6 Å². The van der Waals surface area contributed by atoms with E-state index in [0.717, 1.165) is 18.9 Å². The number of carbonyl (C=O) groups excluding carboxylic acids is 3. The van der Waals surface area contributed by atoms with E-state index in [-0.39, 0.29) is 6.42 Å². The number of aliphatic imine (C=N–C) groups is 1. The van der Waals surface area contributed by atoms with Crippen LogP contribution in [0.3, 0.4) is 0 Å². The van der Waals surface area contributed by atoms with Crippen LogP contribution in [0.2, 0.25) is 0 Å². The minimum absolute atomic E-state index is 0.0945. The molecule has 1 aromatic rings. The van der Waals surface area contributed by atoms with Gasteiger partial charge in [0, 0.05) is 12.6 Å². The Morgan fingerprint density at radius 3 is 2.38 bits per heavy atom. The molecular formula is C17H19F3N2O4. The summed E-state index contributed by atoms with van der Waals surface area (Å²) in [5, 5.41) is 2.38. The Morgan fingerprint density at radius 2 is 1.85 bits per heavy atom. The highest BCUT2D eigenvalue weighted by Gasteiger charge is 2.37. The second kappa shape index (κ2) is 9.69. The molecule has 1 amide bonds. The molecule has 0 aliphatic carbocycles. The second-order valence-corrected chi connectivity index (χ2v) is 5.42. The number of hydrogen-bond donors (Lipinski definition) is 1. The molecule has 1 aromatic carbocycles. The first-order valence-corrected chi connectivity index (χ1v) is 7.69.